The third-order valence-electron chi connectivity index (χ3n) is 5.39. The van der Waals surface area contributed by atoms with Gasteiger partial charge >= 0.3 is 5.97 Å². The highest BCUT2D eigenvalue weighted by atomic mass is 32.1. The van der Waals surface area contributed by atoms with Crippen LogP contribution in [0.2, 0.25) is 0 Å². The number of aryl methyl sites for hydroxylation is 1. The van der Waals surface area contributed by atoms with Crippen LogP contribution in [0.4, 0.5) is 0 Å². The van der Waals surface area contributed by atoms with E-state index >= 15 is 0 Å². The van der Waals surface area contributed by atoms with E-state index in [9.17, 15) is 9.59 Å². The normalized spacial score (nSPS) is 13.0. The number of fused-ring (bicyclic) bond motifs is 2. The quantitative estimate of drug-likeness (QED) is 0.368. The number of hydrogen-bond acceptors (Lipinski definition) is 7. The second-order valence-electron chi connectivity index (χ2n) is 7.68. The van der Waals surface area contributed by atoms with Gasteiger partial charge in [0.05, 0.1) is 23.7 Å². The Balaban J connectivity index is 1.47. The summed E-state index contributed by atoms with van der Waals surface area (Å²) in [6, 6.07) is 20.0. The van der Waals surface area contributed by atoms with E-state index in [-0.39, 0.29) is 12.4 Å². The van der Waals surface area contributed by atoms with E-state index in [1.54, 1.807) is 24.3 Å². The summed E-state index contributed by atoms with van der Waals surface area (Å²) < 4.78 is 24.7. The Morgan fingerprint density at radius 3 is 2.37 bits per heavy atom. The van der Waals surface area contributed by atoms with E-state index in [2.05, 4.69) is 4.99 Å². The number of benzene rings is 3. The number of nitrogens with zero attached hydrogens (tertiary/aromatic N) is 2. The first-order valence-electron chi connectivity index (χ1n) is 11.0. The molecule has 35 heavy (non-hydrogen) atoms. The predicted octanol–water partition coefficient (Wildman–Crippen LogP) is 4.57. The topological polar surface area (TPSA) is 88.4 Å². The molecule has 2 heterocycles. The Morgan fingerprint density at radius 2 is 1.66 bits per heavy atom. The van der Waals surface area contributed by atoms with Crippen molar-refractivity contribution in [2.24, 2.45) is 4.99 Å². The van der Waals surface area contributed by atoms with Gasteiger partial charge in [0.15, 0.2) is 16.3 Å². The van der Waals surface area contributed by atoms with Gasteiger partial charge in [0, 0.05) is 24.2 Å². The first-order valence-corrected chi connectivity index (χ1v) is 11.8. The maximum atomic E-state index is 13.0. The van der Waals surface area contributed by atoms with Gasteiger partial charge in [0.2, 0.25) is 0 Å². The molecule has 178 valence electrons. The molecule has 0 unspecified atom stereocenters. The summed E-state index contributed by atoms with van der Waals surface area (Å²) in [5.41, 5.74) is 1.23. The van der Waals surface area contributed by atoms with Crippen molar-refractivity contribution in [1.82, 2.24) is 4.57 Å². The largest absolute Gasteiger partial charge is 0.486 e. The molecule has 3 aromatic carbocycles. The number of carbonyl (C=O) groups excluding carboxylic acids is 2. The lowest BCUT2D eigenvalue weighted by Crippen LogP contribution is -2.19. The van der Waals surface area contributed by atoms with Gasteiger partial charge in [-0.05, 0) is 36.4 Å². The molecule has 0 saturated carbocycles. The van der Waals surface area contributed by atoms with E-state index < -0.39 is 5.91 Å². The molecule has 5 rings (SSSR count). The second-order valence-corrected chi connectivity index (χ2v) is 8.69. The SMILES string of the molecule is COC(=O)CCn1c(=NC(=O)c2ccc(Oc3ccccc3)cc2)sc2cc3c(cc21)OCCO3. The number of ether oxygens (including phenoxy) is 4. The minimum Gasteiger partial charge on any atom is -0.486 e. The van der Waals surface area contributed by atoms with Crippen LogP contribution in [-0.4, -0.2) is 36.8 Å². The van der Waals surface area contributed by atoms with E-state index in [1.165, 1.54) is 18.4 Å². The van der Waals surface area contributed by atoms with Crippen molar-refractivity contribution in [1.29, 1.82) is 0 Å². The number of carbonyl (C=O) groups is 2. The molecule has 0 spiro atoms. The minimum absolute atomic E-state index is 0.143. The van der Waals surface area contributed by atoms with Crippen LogP contribution in [0.25, 0.3) is 10.2 Å². The number of rotatable bonds is 6. The number of para-hydroxylation sites is 1. The molecule has 0 fully saturated rings. The van der Waals surface area contributed by atoms with Gasteiger partial charge in [-0.1, -0.05) is 29.5 Å². The zero-order valence-corrected chi connectivity index (χ0v) is 19.7. The molecule has 0 aliphatic carbocycles. The van der Waals surface area contributed by atoms with Crippen LogP contribution in [-0.2, 0) is 16.1 Å². The molecule has 1 amide bonds. The maximum absolute atomic E-state index is 13.0. The Labute approximate surface area is 205 Å². The lowest BCUT2D eigenvalue weighted by Gasteiger charge is -2.18. The molecule has 0 saturated heterocycles. The molecule has 8 nitrogen and oxygen atoms in total. The Bertz CT molecular complexity index is 1440. The molecule has 1 aliphatic heterocycles. The van der Waals surface area contributed by atoms with Crippen molar-refractivity contribution in [2.45, 2.75) is 13.0 Å². The summed E-state index contributed by atoms with van der Waals surface area (Å²) in [6.07, 6.45) is 0.143. The summed E-state index contributed by atoms with van der Waals surface area (Å²) in [5.74, 6) is 1.86. The summed E-state index contributed by atoms with van der Waals surface area (Å²) in [6.45, 7) is 1.25. The van der Waals surface area contributed by atoms with Crippen molar-refractivity contribution in [3.05, 3.63) is 77.1 Å². The van der Waals surface area contributed by atoms with Crippen molar-refractivity contribution < 1.29 is 28.5 Å². The van der Waals surface area contributed by atoms with Crippen LogP contribution in [0.15, 0.2) is 71.7 Å². The number of methoxy groups -OCH3 is 1. The van der Waals surface area contributed by atoms with Crippen LogP contribution < -0.4 is 19.0 Å². The lowest BCUT2D eigenvalue weighted by molar-refractivity contribution is -0.140. The average Bonchev–Trinajstić information content (AvgIpc) is 3.22. The van der Waals surface area contributed by atoms with Gasteiger partial charge in [0.1, 0.15) is 24.7 Å². The van der Waals surface area contributed by atoms with Gasteiger partial charge in [-0.15, -0.1) is 0 Å². The smallest absolute Gasteiger partial charge is 0.307 e. The predicted molar refractivity (Wildman–Crippen MR) is 130 cm³/mol. The third-order valence-corrected chi connectivity index (χ3v) is 6.43. The number of amides is 1. The van der Waals surface area contributed by atoms with Crippen molar-refractivity contribution >= 4 is 33.4 Å². The van der Waals surface area contributed by atoms with E-state index in [4.69, 9.17) is 18.9 Å². The van der Waals surface area contributed by atoms with Crippen LogP contribution in [0.1, 0.15) is 16.8 Å². The second kappa shape index (κ2) is 10.0. The number of thiazole rings is 1. The summed E-state index contributed by atoms with van der Waals surface area (Å²) in [4.78, 5) is 29.7. The van der Waals surface area contributed by atoms with Crippen LogP contribution >= 0.6 is 11.3 Å². The molecule has 0 radical (unpaired) electrons. The summed E-state index contributed by atoms with van der Waals surface area (Å²) in [7, 11) is 1.35. The Kier molecular flexibility index (Phi) is 6.49. The number of aromatic nitrogens is 1. The van der Waals surface area contributed by atoms with Crippen molar-refractivity contribution in [2.75, 3.05) is 20.3 Å². The third kappa shape index (κ3) is 5.04. The molecule has 0 atom stereocenters. The van der Waals surface area contributed by atoms with Gasteiger partial charge < -0.3 is 23.5 Å². The lowest BCUT2D eigenvalue weighted by atomic mass is 10.2. The number of esters is 1. The first kappa shape index (κ1) is 22.7. The minimum atomic E-state index is -0.396. The monoisotopic (exact) mass is 490 g/mol. The highest BCUT2D eigenvalue weighted by molar-refractivity contribution is 7.16. The van der Waals surface area contributed by atoms with Crippen molar-refractivity contribution in [3.63, 3.8) is 0 Å². The van der Waals surface area contributed by atoms with E-state index in [1.807, 2.05) is 47.0 Å². The molecule has 1 aliphatic rings. The fraction of sp³-hybridized carbons (Fsp3) is 0.192. The fourth-order valence-corrected chi connectivity index (χ4v) is 4.72. The highest BCUT2D eigenvalue weighted by Gasteiger charge is 2.18. The fourth-order valence-electron chi connectivity index (χ4n) is 3.65. The van der Waals surface area contributed by atoms with E-state index in [0.717, 1.165) is 10.2 Å². The average molecular weight is 491 g/mol. The summed E-state index contributed by atoms with van der Waals surface area (Å²) >= 11 is 1.35. The first-order chi connectivity index (χ1) is 17.1. The summed E-state index contributed by atoms with van der Waals surface area (Å²) in [5, 5.41) is 0. The van der Waals surface area contributed by atoms with Crippen molar-refractivity contribution in [3.8, 4) is 23.0 Å². The Hall–Kier alpha value is -4.11. The van der Waals surface area contributed by atoms with E-state index in [0.29, 0.717) is 53.1 Å². The molecule has 1 aromatic heterocycles. The zero-order chi connectivity index (χ0) is 24.2. The van der Waals surface area contributed by atoms with Crippen LogP contribution in [0.5, 0.6) is 23.0 Å². The number of hydrogen-bond donors (Lipinski definition) is 0. The maximum Gasteiger partial charge on any atom is 0.307 e. The molecule has 4 aromatic rings. The van der Waals surface area contributed by atoms with Gasteiger partial charge in [-0.3, -0.25) is 9.59 Å². The Morgan fingerprint density at radius 1 is 0.971 bits per heavy atom. The standard InChI is InChI=1S/C26H22N2O6S/c1-31-24(29)11-12-28-20-15-21-22(33-14-13-32-21)16-23(20)35-26(28)27-25(30)17-7-9-19(10-8-17)34-18-5-3-2-4-6-18/h2-10,15-16H,11-14H2,1H3. The van der Waals surface area contributed by atoms with Gasteiger partial charge in [0.25, 0.3) is 5.91 Å². The highest BCUT2D eigenvalue weighted by Crippen LogP contribution is 2.35. The van der Waals surface area contributed by atoms with Gasteiger partial charge in [-0.25, -0.2) is 0 Å². The molecule has 9 heteroatoms. The molecule has 0 bridgehead atoms. The zero-order valence-electron chi connectivity index (χ0n) is 18.9. The molecular weight excluding hydrogens is 468 g/mol. The van der Waals surface area contributed by atoms with Crippen LogP contribution in [0.3, 0.4) is 0 Å². The van der Waals surface area contributed by atoms with Gasteiger partial charge in [-0.2, -0.15) is 4.99 Å². The molecule has 0 N–H and O–H groups in total. The molecular formula is C26H22N2O6S. The van der Waals surface area contributed by atoms with Crippen LogP contribution in [0, 0.1) is 0 Å².